The first-order chi connectivity index (χ1) is 9.65. The molecule has 1 saturated carbocycles. The van der Waals surface area contributed by atoms with Crippen LogP contribution >= 0.6 is 0 Å². The Morgan fingerprint density at radius 2 is 2.00 bits per heavy atom. The SMILES string of the molecule is COc1ccc(NC(=O)C2(CN)CCCC2)c(OC)c1. The number of ether oxygens (including phenoxy) is 2. The normalized spacial score (nSPS) is 16.8. The van der Waals surface area contributed by atoms with Gasteiger partial charge in [-0.25, -0.2) is 0 Å². The molecule has 110 valence electrons. The van der Waals surface area contributed by atoms with Gasteiger partial charge in [0.1, 0.15) is 11.5 Å². The van der Waals surface area contributed by atoms with E-state index in [1.54, 1.807) is 32.4 Å². The summed E-state index contributed by atoms with van der Waals surface area (Å²) in [5.41, 5.74) is 6.05. The Morgan fingerprint density at radius 1 is 1.30 bits per heavy atom. The van der Waals surface area contributed by atoms with E-state index >= 15 is 0 Å². The summed E-state index contributed by atoms with van der Waals surface area (Å²) < 4.78 is 10.4. The number of carbonyl (C=O) groups is 1. The van der Waals surface area contributed by atoms with Gasteiger partial charge in [-0.05, 0) is 25.0 Å². The van der Waals surface area contributed by atoms with E-state index < -0.39 is 5.41 Å². The fraction of sp³-hybridized carbons (Fsp3) is 0.533. The minimum atomic E-state index is -0.426. The molecule has 1 amide bonds. The van der Waals surface area contributed by atoms with Crippen LogP contribution in [-0.4, -0.2) is 26.7 Å². The molecule has 5 nitrogen and oxygen atoms in total. The maximum Gasteiger partial charge on any atom is 0.231 e. The third-order valence-corrected chi connectivity index (χ3v) is 4.09. The lowest BCUT2D eigenvalue weighted by Crippen LogP contribution is -2.40. The zero-order valence-electron chi connectivity index (χ0n) is 12.1. The average molecular weight is 278 g/mol. The van der Waals surface area contributed by atoms with Crippen molar-refractivity contribution in [3.8, 4) is 11.5 Å². The van der Waals surface area contributed by atoms with Gasteiger partial charge in [-0.2, -0.15) is 0 Å². The van der Waals surface area contributed by atoms with Crippen LogP contribution in [0.15, 0.2) is 18.2 Å². The highest BCUT2D eigenvalue weighted by atomic mass is 16.5. The summed E-state index contributed by atoms with van der Waals surface area (Å²) in [6.07, 6.45) is 3.83. The lowest BCUT2D eigenvalue weighted by molar-refractivity contribution is -0.124. The van der Waals surface area contributed by atoms with E-state index in [2.05, 4.69) is 5.32 Å². The molecular formula is C15H22N2O3. The van der Waals surface area contributed by atoms with Gasteiger partial charge >= 0.3 is 0 Å². The molecule has 1 fully saturated rings. The number of amides is 1. The first kappa shape index (κ1) is 14.7. The fourth-order valence-electron chi connectivity index (χ4n) is 2.73. The molecule has 1 aromatic carbocycles. The smallest absolute Gasteiger partial charge is 0.231 e. The monoisotopic (exact) mass is 278 g/mol. The van der Waals surface area contributed by atoms with Crippen molar-refractivity contribution in [1.29, 1.82) is 0 Å². The van der Waals surface area contributed by atoms with E-state index in [0.29, 0.717) is 23.7 Å². The van der Waals surface area contributed by atoms with Gasteiger partial charge in [0.2, 0.25) is 5.91 Å². The van der Waals surface area contributed by atoms with Crippen LogP contribution < -0.4 is 20.5 Å². The summed E-state index contributed by atoms with van der Waals surface area (Å²) in [4.78, 5) is 12.5. The van der Waals surface area contributed by atoms with E-state index in [1.165, 1.54) is 0 Å². The van der Waals surface area contributed by atoms with Gasteiger partial charge < -0.3 is 20.5 Å². The number of benzene rings is 1. The Hall–Kier alpha value is -1.75. The number of carbonyl (C=O) groups excluding carboxylic acids is 1. The quantitative estimate of drug-likeness (QED) is 0.865. The second-order valence-corrected chi connectivity index (χ2v) is 5.21. The lowest BCUT2D eigenvalue weighted by atomic mass is 9.85. The largest absolute Gasteiger partial charge is 0.497 e. The first-order valence-corrected chi connectivity index (χ1v) is 6.89. The van der Waals surface area contributed by atoms with Crippen LogP contribution in [0.5, 0.6) is 11.5 Å². The third-order valence-electron chi connectivity index (χ3n) is 4.09. The molecule has 0 unspecified atom stereocenters. The van der Waals surface area contributed by atoms with Crippen LogP contribution in [0.25, 0.3) is 0 Å². The van der Waals surface area contributed by atoms with Gasteiger partial charge in [-0.3, -0.25) is 4.79 Å². The summed E-state index contributed by atoms with van der Waals surface area (Å²) in [5, 5.41) is 2.95. The molecule has 0 bridgehead atoms. The third kappa shape index (κ3) is 2.72. The molecule has 0 radical (unpaired) electrons. The molecule has 1 aliphatic rings. The van der Waals surface area contributed by atoms with Crippen LogP contribution in [0.1, 0.15) is 25.7 Å². The first-order valence-electron chi connectivity index (χ1n) is 6.89. The van der Waals surface area contributed by atoms with Crippen LogP contribution in [0.3, 0.4) is 0 Å². The Morgan fingerprint density at radius 3 is 2.55 bits per heavy atom. The highest BCUT2D eigenvalue weighted by Crippen LogP contribution is 2.39. The lowest BCUT2D eigenvalue weighted by Gasteiger charge is -2.26. The Bertz CT molecular complexity index is 482. The van der Waals surface area contributed by atoms with E-state index in [0.717, 1.165) is 25.7 Å². The minimum Gasteiger partial charge on any atom is -0.497 e. The number of hydrogen-bond donors (Lipinski definition) is 2. The maximum atomic E-state index is 12.5. The second-order valence-electron chi connectivity index (χ2n) is 5.21. The van der Waals surface area contributed by atoms with Crippen molar-refractivity contribution < 1.29 is 14.3 Å². The minimum absolute atomic E-state index is 0.0130. The Labute approximate surface area is 119 Å². The molecule has 2 rings (SSSR count). The topological polar surface area (TPSA) is 73.6 Å². The molecule has 1 aromatic rings. The maximum absolute atomic E-state index is 12.5. The molecular weight excluding hydrogens is 256 g/mol. The Kier molecular flexibility index (Phi) is 4.49. The average Bonchev–Trinajstić information content (AvgIpc) is 2.97. The van der Waals surface area contributed by atoms with Gasteiger partial charge in [0.05, 0.1) is 25.3 Å². The van der Waals surface area contributed by atoms with E-state index in [9.17, 15) is 4.79 Å². The summed E-state index contributed by atoms with van der Waals surface area (Å²) in [7, 11) is 3.16. The fourth-order valence-corrected chi connectivity index (χ4v) is 2.73. The molecule has 0 heterocycles. The molecule has 0 aliphatic heterocycles. The standard InChI is InChI=1S/C15H22N2O3/c1-19-11-5-6-12(13(9-11)20-2)17-14(18)15(10-16)7-3-4-8-15/h5-6,9H,3-4,7-8,10,16H2,1-2H3,(H,17,18). The van der Waals surface area contributed by atoms with Gasteiger partial charge in [0.25, 0.3) is 0 Å². The second kappa shape index (κ2) is 6.13. The predicted molar refractivity (Wildman–Crippen MR) is 78.1 cm³/mol. The molecule has 0 aromatic heterocycles. The number of methoxy groups -OCH3 is 2. The number of anilines is 1. The van der Waals surface area contributed by atoms with Crippen molar-refractivity contribution in [2.45, 2.75) is 25.7 Å². The summed E-state index contributed by atoms with van der Waals surface area (Å²) in [5.74, 6) is 1.26. The van der Waals surface area contributed by atoms with Gasteiger partial charge in [-0.15, -0.1) is 0 Å². The molecule has 20 heavy (non-hydrogen) atoms. The zero-order chi connectivity index (χ0) is 14.6. The number of nitrogens with one attached hydrogen (secondary N) is 1. The van der Waals surface area contributed by atoms with E-state index in [1.807, 2.05) is 0 Å². The highest BCUT2D eigenvalue weighted by Gasteiger charge is 2.40. The van der Waals surface area contributed by atoms with Gasteiger partial charge in [0, 0.05) is 12.6 Å². The molecule has 3 N–H and O–H groups in total. The predicted octanol–water partition coefficient (Wildman–Crippen LogP) is 2.16. The van der Waals surface area contributed by atoms with Crippen LogP contribution in [0, 0.1) is 5.41 Å². The van der Waals surface area contributed by atoms with Crippen LogP contribution in [0.2, 0.25) is 0 Å². The zero-order valence-corrected chi connectivity index (χ0v) is 12.1. The summed E-state index contributed by atoms with van der Waals surface area (Å²) in [6.45, 7) is 0.386. The number of rotatable bonds is 5. The van der Waals surface area contributed by atoms with Crippen molar-refractivity contribution in [2.24, 2.45) is 11.1 Å². The molecule has 0 atom stereocenters. The number of nitrogens with two attached hydrogens (primary N) is 1. The van der Waals surface area contributed by atoms with Gasteiger partial charge in [-0.1, -0.05) is 12.8 Å². The highest BCUT2D eigenvalue weighted by molar-refractivity contribution is 5.97. The Balaban J connectivity index is 2.19. The van der Waals surface area contributed by atoms with E-state index in [4.69, 9.17) is 15.2 Å². The van der Waals surface area contributed by atoms with Crippen molar-refractivity contribution in [3.63, 3.8) is 0 Å². The molecule has 1 aliphatic carbocycles. The molecule has 0 saturated heterocycles. The van der Waals surface area contributed by atoms with Crippen molar-refractivity contribution in [3.05, 3.63) is 18.2 Å². The number of hydrogen-bond acceptors (Lipinski definition) is 4. The van der Waals surface area contributed by atoms with Crippen molar-refractivity contribution in [1.82, 2.24) is 0 Å². The van der Waals surface area contributed by atoms with Crippen LogP contribution in [0.4, 0.5) is 5.69 Å². The summed E-state index contributed by atoms with van der Waals surface area (Å²) >= 11 is 0. The molecule has 0 spiro atoms. The summed E-state index contributed by atoms with van der Waals surface area (Å²) in [6, 6.07) is 5.33. The van der Waals surface area contributed by atoms with Crippen molar-refractivity contribution in [2.75, 3.05) is 26.1 Å². The van der Waals surface area contributed by atoms with Crippen LogP contribution in [-0.2, 0) is 4.79 Å². The molecule has 5 heteroatoms. The van der Waals surface area contributed by atoms with E-state index in [-0.39, 0.29) is 5.91 Å². The van der Waals surface area contributed by atoms with Crippen molar-refractivity contribution >= 4 is 11.6 Å². The van der Waals surface area contributed by atoms with Gasteiger partial charge in [0.15, 0.2) is 0 Å².